The van der Waals surface area contributed by atoms with Crippen LogP contribution in [-0.4, -0.2) is 43.6 Å². The van der Waals surface area contributed by atoms with Crippen LogP contribution in [0, 0.1) is 0 Å². The molecule has 7 heteroatoms. The number of hydrogen-bond acceptors (Lipinski definition) is 6. The van der Waals surface area contributed by atoms with Crippen molar-refractivity contribution in [3.8, 4) is 17.2 Å². The lowest BCUT2D eigenvalue weighted by molar-refractivity contribution is -0.121. The summed E-state index contributed by atoms with van der Waals surface area (Å²) >= 11 is 1.58. The van der Waals surface area contributed by atoms with Crippen molar-refractivity contribution in [2.24, 2.45) is 0 Å². The van der Waals surface area contributed by atoms with E-state index in [2.05, 4.69) is 5.32 Å². The number of aliphatic hydroxyl groups is 1. The van der Waals surface area contributed by atoms with Crippen LogP contribution < -0.4 is 19.5 Å². The summed E-state index contributed by atoms with van der Waals surface area (Å²) in [5, 5.41) is 12.9. The molecule has 1 atom stereocenters. The molecule has 1 heterocycles. The number of methoxy groups -OCH3 is 1. The fourth-order valence-corrected chi connectivity index (χ4v) is 3.50. The fraction of sp³-hybridized carbons (Fsp3) is 0.350. The van der Waals surface area contributed by atoms with Gasteiger partial charge in [-0.3, -0.25) is 4.79 Å². The molecule has 1 aliphatic rings. The molecule has 0 aliphatic carbocycles. The normalized spacial score (nSPS) is 13.7. The van der Waals surface area contributed by atoms with Crippen LogP contribution in [0.1, 0.15) is 18.1 Å². The first kappa shape index (κ1) is 19.4. The quantitative estimate of drug-likeness (QED) is 0.676. The summed E-state index contributed by atoms with van der Waals surface area (Å²) in [6, 6.07) is 12.9. The summed E-state index contributed by atoms with van der Waals surface area (Å²) < 4.78 is 16.1. The highest BCUT2D eigenvalue weighted by atomic mass is 32.2. The second-order valence-electron chi connectivity index (χ2n) is 6.00. The standard InChI is InChI=1S/C20H23NO5S/c1-24-15-4-2-14(3-5-15)17(22)13-21-20(23)8-11-27-16-6-7-18-19(12-16)26-10-9-25-18/h2-7,12,17,22H,8-11,13H2,1H3,(H,21,23)/t17-/m1/s1. The Hall–Kier alpha value is -2.38. The first-order chi connectivity index (χ1) is 13.2. The number of carbonyl (C=O) groups excluding carboxylic acids is 1. The van der Waals surface area contributed by atoms with E-state index in [1.807, 2.05) is 18.2 Å². The van der Waals surface area contributed by atoms with Gasteiger partial charge in [-0.25, -0.2) is 0 Å². The van der Waals surface area contributed by atoms with Gasteiger partial charge in [-0.05, 0) is 35.9 Å². The number of rotatable bonds is 8. The summed E-state index contributed by atoms with van der Waals surface area (Å²) in [6.07, 6.45) is -0.376. The van der Waals surface area contributed by atoms with E-state index < -0.39 is 6.10 Å². The molecule has 2 N–H and O–H groups in total. The first-order valence-corrected chi connectivity index (χ1v) is 9.75. The van der Waals surface area contributed by atoms with Gasteiger partial charge in [0.1, 0.15) is 19.0 Å². The van der Waals surface area contributed by atoms with E-state index in [0.29, 0.717) is 25.4 Å². The van der Waals surface area contributed by atoms with E-state index in [1.54, 1.807) is 43.1 Å². The first-order valence-electron chi connectivity index (χ1n) is 8.77. The minimum Gasteiger partial charge on any atom is -0.497 e. The Balaban J connectivity index is 1.39. The van der Waals surface area contributed by atoms with Crippen molar-refractivity contribution in [2.45, 2.75) is 17.4 Å². The number of hydrogen-bond donors (Lipinski definition) is 2. The van der Waals surface area contributed by atoms with Crippen LogP contribution in [-0.2, 0) is 4.79 Å². The number of thioether (sulfide) groups is 1. The topological polar surface area (TPSA) is 77.0 Å². The lowest BCUT2D eigenvalue weighted by Gasteiger charge is -2.18. The van der Waals surface area contributed by atoms with Gasteiger partial charge in [0, 0.05) is 23.6 Å². The van der Waals surface area contributed by atoms with E-state index in [1.165, 1.54) is 0 Å². The van der Waals surface area contributed by atoms with E-state index in [-0.39, 0.29) is 12.5 Å². The molecule has 2 aromatic rings. The zero-order valence-corrected chi connectivity index (χ0v) is 16.0. The fourth-order valence-electron chi connectivity index (χ4n) is 2.62. The maximum atomic E-state index is 12.0. The molecule has 0 bridgehead atoms. The number of amides is 1. The number of fused-ring (bicyclic) bond motifs is 1. The predicted molar refractivity (Wildman–Crippen MR) is 104 cm³/mol. The lowest BCUT2D eigenvalue weighted by atomic mass is 10.1. The van der Waals surface area contributed by atoms with Gasteiger partial charge in [-0.1, -0.05) is 12.1 Å². The van der Waals surface area contributed by atoms with Crippen LogP contribution >= 0.6 is 11.8 Å². The zero-order chi connectivity index (χ0) is 19.1. The lowest BCUT2D eigenvalue weighted by Crippen LogP contribution is -2.28. The average molecular weight is 389 g/mol. The molecular formula is C20H23NO5S. The highest BCUT2D eigenvalue weighted by Crippen LogP contribution is 2.34. The van der Waals surface area contributed by atoms with Crippen molar-refractivity contribution in [1.82, 2.24) is 5.32 Å². The zero-order valence-electron chi connectivity index (χ0n) is 15.1. The molecular weight excluding hydrogens is 366 g/mol. The smallest absolute Gasteiger partial charge is 0.220 e. The van der Waals surface area contributed by atoms with Gasteiger partial charge in [0.25, 0.3) is 0 Å². The molecule has 0 unspecified atom stereocenters. The molecule has 0 spiro atoms. The van der Waals surface area contributed by atoms with Crippen LogP contribution in [0.4, 0.5) is 0 Å². The predicted octanol–water partition coefficient (Wildman–Crippen LogP) is 2.80. The Morgan fingerprint density at radius 2 is 1.93 bits per heavy atom. The van der Waals surface area contributed by atoms with Gasteiger partial charge >= 0.3 is 0 Å². The summed E-state index contributed by atoms with van der Waals surface area (Å²) in [7, 11) is 1.59. The van der Waals surface area contributed by atoms with Gasteiger partial charge in [0.05, 0.1) is 13.2 Å². The van der Waals surface area contributed by atoms with Crippen molar-refractivity contribution < 1.29 is 24.1 Å². The molecule has 0 aromatic heterocycles. The molecule has 0 radical (unpaired) electrons. The van der Waals surface area contributed by atoms with Gasteiger partial charge in [0.2, 0.25) is 5.91 Å². The second-order valence-corrected chi connectivity index (χ2v) is 7.17. The number of ether oxygens (including phenoxy) is 3. The van der Waals surface area contributed by atoms with Crippen LogP contribution in [0.3, 0.4) is 0 Å². The number of benzene rings is 2. The SMILES string of the molecule is COc1ccc([C@H](O)CNC(=O)CCSc2ccc3c(c2)OCCO3)cc1. The third kappa shape index (κ3) is 5.55. The maximum absolute atomic E-state index is 12.0. The van der Waals surface area contributed by atoms with E-state index in [4.69, 9.17) is 14.2 Å². The molecule has 2 aromatic carbocycles. The molecule has 144 valence electrons. The highest BCUT2D eigenvalue weighted by Gasteiger charge is 2.13. The summed E-state index contributed by atoms with van der Waals surface area (Å²) in [4.78, 5) is 13.0. The number of aliphatic hydroxyl groups excluding tert-OH is 1. The van der Waals surface area contributed by atoms with Crippen molar-refractivity contribution in [1.29, 1.82) is 0 Å². The van der Waals surface area contributed by atoms with Crippen LogP contribution in [0.5, 0.6) is 17.2 Å². The third-order valence-electron chi connectivity index (χ3n) is 4.10. The van der Waals surface area contributed by atoms with Gasteiger partial charge in [0.15, 0.2) is 11.5 Å². The molecule has 1 amide bonds. The van der Waals surface area contributed by atoms with Crippen LogP contribution in [0.25, 0.3) is 0 Å². The molecule has 3 rings (SSSR count). The molecule has 27 heavy (non-hydrogen) atoms. The maximum Gasteiger partial charge on any atom is 0.220 e. The van der Waals surface area contributed by atoms with Gasteiger partial charge < -0.3 is 24.6 Å². The van der Waals surface area contributed by atoms with Crippen LogP contribution in [0.2, 0.25) is 0 Å². The van der Waals surface area contributed by atoms with Gasteiger partial charge in [-0.15, -0.1) is 11.8 Å². The van der Waals surface area contributed by atoms with Crippen molar-refractivity contribution >= 4 is 17.7 Å². The number of carbonyl (C=O) groups is 1. The minimum absolute atomic E-state index is 0.0902. The summed E-state index contributed by atoms with van der Waals surface area (Å²) in [6.45, 7) is 1.31. The monoisotopic (exact) mass is 389 g/mol. The van der Waals surface area contributed by atoms with Gasteiger partial charge in [-0.2, -0.15) is 0 Å². The molecule has 1 aliphatic heterocycles. The summed E-state index contributed by atoms with van der Waals surface area (Å²) in [5.74, 6) is 2.79. The van der Waals surface area contributed by atoms with E-state index >= 15 is 0 Å². The largest absolute Gasteiger partial charge is 0.497 e. The van der Waals surface area contributed by atoms with Crippen molar-refractivity contribution in [3.05, 3.63) is 48.0 Å². The second kappa shape index (κ2) is 9.53. The average Bonchev–Trinajstić information content (AvgIpc) is 2.72. The van der Waals surface area contributed by atoms with Crippen molar-refractivity contribution in [2.75, 3.05) is 32.6 Å². The Morgan fingerprint density at radius 1 is 1.19 bits per heavy atom. The number of nitrogens with one attached hydrogen (secondary N) is 1. The molecule has 6 nitrogen and oxygen atoms in total. The third-order valence-corrected chi connectivity index (χ3v) is 5.10. The molecule has 0 saturated heterocycles. The Kier molecular flexibility index (Phi) is 6.84. The Labute approximate surface area is 162 Å². The van der Waals surface area contributed by atoms with E-state index in [9.17, 15) is 9.90 Å². The van der Waals surface area contributed by atoms with Crippen LogP contribution in [0.15, 0.2) is 47.4 Å². The van der Waals surface area contributed by atoms with Crippen molar-refractivity contribution in [3.63, 3.8) is 0 Å². The minimum atomic E-state index is -0.745. The molecule has 0 saturated carbocycles. The molecule has 0 fully saturated rings. The Morgan fingerprint density at radius 3 is 2.67 bits per heavy atom. The summed E-state index contributed by atoms with van der Waals surface area (Å²) in [5.41, 5.74) is 0.738. The Bertz CT molecular complexity index is 765. The highest BCUT2D eigenvalue weighted by molar-refractivity contribution is 7.99. The van der Waals surface area contributed by atoms with E-state index in [0.717, 1.165) is 27.7 Å².